The molecule has 4 heteroatoms. The number of esters is 1. The number of carbonyl (C=O) groups is 2. The van der Waals surface area contributed by atoms with E-state index in [4.69, 9.17) is 4.74 Å². The number of ketones is 1. The first-order valence-corrected chi connectivity index (χ1v) is 14.0. The molecule has 2 saturated carbocycles. The van der Waals surface area contributed by atoms with Crippen LogP contribution in [0.25, 0.3) is 0 Å². The van der Waals surface area contributed by atoms with Crippen LogP contribution in [-0.2, 0) is 14.3 Å². The van der Waals surface area contributed by atoms with E-state index >= 15 is 0 Å². The standard InChI is InChI=1S/C32H48O4/c1-19(2)20(3)10-11-21(28(35)36-9)27-24(33)18-32(8)23-12-13-25-29(4,5)26(34)15-16-30(25,6)22(23)14-17-31(27,32)7/h12,14,19,21,24-25,27,33H,3,10-11,13,15-18H2,1-2,4-9H3/t21-,24?,25+,27+,30-,31-,32+/m1/s1. The Balaban J connectivity index is 1.74. The lowest BCUT2D eigenvalue weighted by Crippen LogP contribution is -2.53. The number of fused-ring (bicyclic) bond motifs is 5. The molecule has 1 N–H and O–H groups in total. The number of allylic oxidation sites excluding steroid dienone is 5. The number of Topliss-reactive ketones (excluding diaryl/α,β-unsaturated/α-hetero) is 1. The Bertz CT molecular complexity index is 1020. The summed E-state index contributed by atoms with van der Waals surface area (Å²) in [6.45, 7) is 19.7. The van der Waals surface area contributed by atoms with Gasteiger partial charge in [-0.05, 0) is 72.3 Å². The van der Waals surface area contributed by atoms with E-state index in [2.05, 4.69) is 67.2 Å². The van der Waals surface area contributed by atoms with Gasteiger partial charge < -0.3 is 9.84 Å². The lowest BCUT2D eigenvalue weighted by atomic mass is 9.44. The molecule has 2 fully saturated rings. The number of ether oxygens (including phenoxy) is 1. The van der Waals surface area contributed by atoms with E-state index in [0.717, 1.165) is 31.3 Å². The summed E-state index contributed by atoms with van der Waals surface area (Å²) in [4.78, 5) is 26.0. The van der Waals surface area contributed by atoms with Crippen LogP contribution in [-0.4, -0.2) is 30.1 Å². The van der Waals surface area contributed by atoms with Gasteiger partial charge in [0.1, 0.15) is 5.78 Å². The van der Waals surface area contributed by atoms with Crippen LogP contribution in [0.3, 0.4) is 0 Å². The fraction of sp³-hybridized carbons (Fsp3) is 0.750. The molecule has 7 atom stereocenters. The molecule has 200 valence electrons. The number of carbonyl (C=O) groups excluding carboxylic acids is 2. The largest absolute Gasteiger partial charge is 0.469 e. The van der Waals surface area contributed by atoms with Gasteiger partial charge in [0.2, 0.25) is 0 Å². The molecule has 0 saturated heterocycles. The highest BCUT2D eigenvalue weighted by Crippen LogP contribution is 2.71. The lowest BCUT2D eigenvalue weighted by Gasteiger charge is -2.59. The van der Waals surface area contributed by atoms with Crippen LogP contribution in [0.15, 0.2) is 35.5 Å². The molecule has 4 nitrogen and oxygen atoms in total. The molecule has 0 bridgehead atoms. The second kappa shape index (κ2) is 8.96. The highest BCUT2D eigenvalue weighted by Gasteiger charge is 2.66. The van der Waals surface area contributed by atoms with Gasteiger partial charge in [-0.1, -0.05) is 72.8 Å². The van der Waals surface area contributed by atoms with Crippen molar-refractivity contribution in [3.63, 3.8) is 0 Å². The number of methoxy groups -OCH3 is 1. The second-order valence-electron chi connectivity index (χ2n) is 13.8. The van der Waals surface area contributed by atoms with Crippen molar-refractivity contribution in [2.75, 3.05) is 7.11 Å². The summed E-state index contributed by atoms with van der Waals surface area (Å²) in [5.74, 6) is 0.291. The third-order valence-electron chi connectivity index (χ3n) is 11.6. The lowest BCUT2D eigenvalue weighted by molar-refractivity contribution is -0.152. The monoisotopic (exact) mass is 496 g/mol. The fourth-order valence-corrected chi connectivity index (χ4v) is 8.86. The third kappa shape index (κ3) is 3.72. The first-order valence-electron chi connectivity index (χ1n) is 14.0. The van der Waals surface area contributed by atoms with E-state index in [9.17, 15) is 14.7 Å². The zero-order chi connectivity index (χ0) is 26.8. The summed E-state index contributed by atoms with van der Waals surface area (Å²) in [5, 5.41) is 11.6. The highest BCUT2D eigenvalue weighted by atomic mass is 16.5. The van der Waals surface area contributed by atoms with Crippen LogP contribution in [0.4, 0.5) is 0 Å². The van der Waals surface area contributed by atoms with Crippen LogP contribution in [0, 0.1) is 45.3 Å². The predicted molar refractivity (Wildman–Crippen MR) is 144 cm³/mol. The van der Waals surface area contributed by atoms with Crippen LogP contribution in [0.2, 0.25) is 0 Å². The average molecular weight is 497 g/mol. The van der Waals surface area contributed by atoms with Gasteiger partial charge in [-0.2, -0.15) is 0 Å². The zero-order valence-electron chi connectivity index (χ0n) is 23.9. The molecule has 36 heavy (non-hydrogen) atoms. The molecule has 0 spiro atoms. The molecule has 0 radical (unpaired) electrons. The normalized spacial score (nSPS) is 39.9. The molecule has 1 unspecified atom stereocenters. The number of rotatable bonds is 6. The van der Waals surface area contributed by atoms with Gasteiger partial charge in [-0.3, -0.25) is 9.59 Å². The molecule has 0 aromatic rings. The van der Waals surface area contributed by atoms with Crippen molar-refractivity contribution < 1.29 is 19.4 Å². The van der Waals surface area contributed by atoms with E-state index < -0.39 is 6.10 Å². The molecule has 0 aromatic heterocycles. The first-order chi connectivity index (χ1) is 16.6. The van der Waals surface area contributed by atoms with Crippen LogP contribution in [0.1, 0.15) is 93.4 Å². The molecule has 4 rings (SSSR count). The van der Waals surface area contributed by atoms with Crippen molar-refractivity contribution in [2.45, 2.75) is 99.5 Å². The summed E-state index contributed by atoms with van der Waals surface area (Å²) in [6, 6.07) is 0. The molecule has 4 aliphatic carbocycles. The minimum absolute atomic E-state index is 0.0361. The smallest absolute Gasteiger partial charge is 0.309 e. The van der Waals surface area contributed by atoms with Gasteiger partial charge in [0.15, 0.2) is 0 Å². The van der Waals surface area contributed by atoms with E-state index in [-0.39, 0.29) is 39.5 Å². The van der Waals surface area contributed by atoms with Crippen molar-refractivity contribution in [1.82, 2.24) is 0 Å². The van der Waals surface area contributed by atoms with Gasteiger partial charge in [0.25, 0.3) is 0 Å². The Labute approximate surface area is 218 Å². The summed E-state index contributed by atoms with van der Waals surface area (Å²) in [5.41, 5.74) is 3.03. The van der Waals surface area contributed by atoms with Crippen molar-refractivity contribution in [3.8, 4) is 0 Å². The minimum Gasteiger partial charge on any atom is -0.469 e. The Kier molecular flexibility index (Phi) is 6.81. The van der Waals surface area contributed by atoms with Crippen molar-refractivity contribution in [3.05, 3.63) is 35.5 Å². The van der Waals surface area contributed by atoms with E-state index in [1.54, 1.807) is 0 Å². The maximum absolute atomic E-state index is 13.1. The van der Waals surface area contributed by atoms with Gasteiger partial charge in [0, 0.05) is 23.2 Å². The second-order valence-corrected chi connectivity index (χ2v) is 13.8. The maximum Gasteiger partial charge on any atom is 0.309 e. The fourth-order valence-electron chi connectivity index (χ4n) is 8.86. The summed E-state index contributed by atoms with van der Waals surface area (Å²) in [6.07, 6.45) is 9.55. The Morgan fingerprint density at radius 1 is 1.17 bits per heavy atom. The van der Waals surface area contributed by atoms with Gasteiger partial charge >= 0.3 is 5.97 Å². The maximum atomic E-state index is 13.1. The Morgan fingerprint density at radius 2 is 1.83 bits per heavy atom. The van der Waals surface area contributed by atoms with Crippen molar-refractivity contribution in [2.24, 2.45) is 45.3 Å². The SMILES string of the molecule is C=C(CC[C@@H](C(=O)OC)[C@H]1C(O)C[C@@]2(C)C3=CC[C@H]4C(C)(C)C(=O)CC[C@]4(C)C3=CC[C@]12C)C(C)C. The molecule has 0 aliphatic heterocycles. The van der Waals surface area contributed by atoms with Crippen molar-refractivity contribution >= 4 is 11.8 Å². The number of hydrogen-bond donors (Lipinski definition) is 1. The molecular formula is C32H48O4. The predicted octanol–water partition coefficient (Wildman–Crippen LogP) is 6.83. The van der Waals surface area contributed by atoms with E-state index in [0.29, 0.717) is 36.9 Å². The van der Waals surface area contributed by atoms with Crippen LogP contribution >= 0.6 is 0 Å². The molecule has 0 heterocycles. The summed E-state index contributed by atoms with van der Waals surface area (Å²) in [7, 11) is 1.46. The van der Waals surface area contributed by atoms with E-state index in [1.165, 1.54) is 18.3 Å². The Hall–Kier alpha value is -1.68. The van der Waals surface area contributed by atoms with Crippen LogP contribution in [0.5, 0.6) is 0 Å². The molecule has 4 aliphatic rings. The highest BCUT2D eigenvalue weighted by molar-refractivity contribution is 5.86. The molecular weight excluding hydrogens is 448 g/mol. The average Bonchev–Trinajstić information content (AvgIpc) is 3.02. The molecule has 0 aromatic carbocycles. The summed E-state index contributed by atoms with van der Waals surface area (Å²) >= 11 is 0. The molecule has 0 amide bonds. The first kappa shape index (κ1) is 27.4. The zero-order valence-corrected chi connectivity index (χ0v) is 23.9. The topological polar surface area (TPSA) is 63.6 Å². The number of aliphatic hydroxyl groups is 1. The minimum atomic E-state index is -0.569. The van der Waals surface area contributed by atoms with E-state index in [1.807, 2.05) is 0 Å². The third-order valence-corrected chi connectivity index (χ3v) is 11.6. The quantitative estimate of drug-likeness (QED) is 0.323. The van der Waals surface area contributed by atoms with Crippen LogP contribution < -0.4 is 0 Å². The summed E-state index contributed by atoms with van der Waals surface area (Å²) < 4.78 is 5.31. The number of hydrogen-bond acceptors (Lipinski definition) is 4. The number of aliphatic hydroxyl groups excluding tert-OH is 1. The van der Waals surface area contributed by atoms with Crippen molar-refractivity contribution in [1.29, 1.82) is 0 Å². The van der Waals surface area contributed by atoms with Gasteiger partial charge in [-0.25, -0.2) is 0 Å². The Morgan fingerprint density at radius 3 is 2.44 bits per heavy atom. The van der Waals surface area contributed by atoms with Gasteiger partial charge in [-0.15, -0.1) is 0 Å². The van der Waals surface area contributed by atoms with Gasteiger partial charge in [0.05, 0.1) is 19.1 Å².